The molecular formula is C14H23NO5S. The fourth-order valence-corrected chi connectivity index (χ4v) is 3.25. The van der Waals surface area contributed by atoms with Crippen molar-refractivity contribution in [3.05, 3.63) is 29.8 Å². The molecule has 0 aliphatic heterocycles. The van der Waals surface area contributed by atoms with Gasteiger partial charge in [0.1, 0.15) is 0 Å². The van der Waals surface area contributed by atoms with E-state index in [0.29, 0.717) is 19.6 Å². The quantitative estimate of drug-likeness (QED) is 0.680. The second-order valence-electron chi connectivity index (χ2n) is 4.51. The summed E-state index contributed by atoms with van der Waals surface area (Å²) in [6.07, 6.45) is 0.511. The Morgan fingerprint density at radius 1 is 1.05 bits per heavy atom. The normalized spacial score (nSPS) is 12.0. The highest BCUT2D eigenvalue weighted by Gasteiger charge is 2.23. The van der Waals surface area contributed by atoms with Gasteiger partial charge >= 0.3 is 0 Å². The number of ether oxygens (including phenoxy) is 2. The molecular weight excluding hydrogens is 294 g/mol. The summed E-state index contributed by atoms with van der Waals surface area (Å²) in [5, 5.41) is 8.88. The third kappa shape index (κ3) is 5.37. The van der Waals surface area contributed by atoms with Gasteiger partial charge in [0.05, 0.1) is 18.1 Å². The average Bonchev–Trinajstić information content (AvgIpc) is 2.48. The maximum atomic E-state index is 12.6. The van der Waals surface area contributed by atoms with Gasteiger partial charge in [0, 0.05) is 33.9 Å². The van der Waals surface area contributed by atoms with Crippen molar-refractivity contribution < 1.29 is 23.0 Å². The lowest BCUT2D eigenvalue weighted by Gasteiger charge is -2.21. The van der Waals surface area contributed by atoms with Crippen LogP contribution in [0.5, 0.6) is 0 Å². The summed E-state index contributed by atoms with van der Waals surface area (Å²) < 4.78 is 36.4. The van der Waals surface area contributed by atoms with Gasteiger partial charge in [-0.3, -0.25) is 0 Å². The molecule has 0 radical (unpaired) electrons. The Morgan fingerprint density at radius 3 is 2.00 bits per heavy atom. The Hall–Kier alpha value is -0.990. The molecule has 120 valence electrons. The van der Waals surface area contributed by atoms with E-state index in [4.69, 9.17) is 14.6 Å². The number of hydrogen-bond acceptors (Lipinski definition) is 5. The molecule has 1 aromatic carbocycles. The minimum atomic E-state index is -3.57. The van der Waals surface area contributed by atoms with Crippen molar-refractivity contribution >= 4 is 10.0 Å². The second kappa shape index (κ2) is 9.11. The maximum Gasteiger partial charge on any atom is 0.243 e. The van der Waals surface area contributed by atoms with Crippen LogP contribution < -0.4 is 0 Å². The van der Waals surface area contributed by atoms with Crippen LogP contribution in [0.1, 0.15) is 5.56 Å². The van der Waals surface area contributed by atoms with Crippen molar-refractivity contribution in [2.75, 3.05) is 47.1 Å². The van der Waals surface area contributed by atoms with E-state index in [1.54, 1.807) is 24.3 Å². The first-order chi connectivity index (χ1) is 10.1. The molecule has 0 amide bonds. The van der Waals surface area contributed by atoms with Gasteiger partial charge in [-0.25, -0.2) is 8.42 Å². The predicted molar refractivity (Wildman–Crippen MR) is 79.7 cm³/mol. The van der Waals surface area contributed by atoms with E-state index < -0.39 is 10.0 Å². The van der Waals surface area contributed by atoms with Gasteiger partial charge in [0.15, 0.2) is 0 Å². The van der Waals surface area contributed by atoms with E-state index in [1.807, 2.05) is 0 Å². The van der Waals surface area contributed by atoms with Gasteiger partial charge in [-0.05, 0) is 24.1 Å². The van der Waals surface area contributed by atoms with Crippen LogP contribution >= 0.6 is 0 Å². The fourth-order valence-electron chi connectivity index (χ4n) is 1.84. The number of aliphatic hydroxyl groups excluding tert-OH is 1. The number of methoxy groups -OCH3 is 2. The third-order valence-electron chi connectivity index (χ3n) is 3.05. The number of nitrogens with zero attached hydrogens (tertiary/aromatic N) is 1. The molecule has 21 heavy (non-hydrogen) atoms. The van der Waals surface area contributed by atoms with Crippen LogP contribution in [0.3, 0.4) is 0 Å². The molecule has 0 bridgehead atoms. The Balaban J connectivity index is 2.92. The zero-order valence-corrected chi connectivity index (χ0v) is 13.3. The zero-order valence-electron chi connectivity index (χ0n) is 12.5. The molecule has 0 atom stereocenters. The van der Waals surface area contributed by atoms with E-state index in [9.17, 15) is 8.42 Å². The molecule has 1 aromatic rings. The Bertz CT molecular complexity index is 493. The number of benzene rings is 1. The van der Waals surface area contributed by atoms with Gasteiger partial charge < -0.3 is 14.6 Å². The Kier molecular flexibility index (Phi) is 7.84. The first kappa shape index (κ1) is 18.1. The van der Waals surface area contributed by atoms with Crippen LogP contribution in [0.2, 0.25) is 0 Å². The van der Waals surface area contributed by atoms with E-state index in [2.05, 4.69) is 0 Å². The molecule has 0 saturated heterocycles. The highest BCUT2D eigenvalue weighted by atomic mass is 32.2. The predicted octanol–water partition coefficient (Wildman–Crippen LogP) is 0.505. The van der Waals surface area contributed by atoms with Crippen molar-refractivity contribution in [2.45, 2.75) is 11.3 Å². The van der Waals surface area contributed by atoms with Crippen molar-refractivity contribution in [3.63, 3.8) is 0 Å². The minimum absolute atomic E-state index is 0.0416. The molecule has 0 fully saturated rings. The average molecular weight is 317 g/mol. The van der Waals surface area contributed by atoms with Gasteiger partial charge in [0.25, 0.3) is 0 Å². The smallest absolute Gasteiger partial charge is 0.243 e. The van der Waals surface area contributed by atoms with Crippen LogP contribution in [-0.2, 0) is 25.9 Å². The van der Waals surface area contributed by atoms with Crippen molar-refractivity contribution in [2.24, 2.45) is 0 Å². The second-order valence-corrected chi connectivity index (χ2v) is 6.45. The monoisotopic (exact) mass is 317 g/mol. The fraction of sp³-hybridized carbons (Fsp3) is 0.571. The summed E-state index contributed by atoms with van der Waals surface area (Å²) in [6, 6.07) is 6.56. The Labute approximate surface area is 126 Å². The molecule has 0 saturated carbocycles. The van der Waals surface area contributed by atoms with Crippen LogP contribution in [0.25, 0.3) is 0 Å². The number of sulfonamides is 1. The molecule has 0 aliphatic rings. The Morgan fingerprint density at radius 2 is 1.57 bits per heavy atom. The lowest BCUT2D eigenvalue weighted by molar-refractivity contribution is 0.150. The van der Waals surface area contributed by atoms with Crippen LogP contribution in [-0.4, -0.2) is 65.0 Å². The SMILES string of the molecule is COCCN(CCOC)S(=O)(=O)c1ccc(CCO)cc1. The van der Waals surface area contributed by atoms with E-state index in [1.165, 1.54) is 18.5 Å². The van der Waals surface area contributed by atoms with Crippen LogP contribution in [0.4, 0.5) is 0 Å². The maximum absolute atomic E-state index is 12.6. The minimum Gasteiger partial charge on any atom is -0.396 e. The van der Waals surface area contributed by atoms with Crippen LogP contribution in [0, 0.1) is 0 Å². The van der Waals surface area contributed by atoms with Gasteiger partial charge in [0.2, 0.25) is 10.0 Å². The van der Waals surface area contributed by atoms with Gasteiger partial charge in [-0.1, -0.05) is 12.1 Å². The summed E-state index contributed by atoms with van der Waals surface area (Å²) in [4.78, 5) is 0.233. The molecule has 0 aliphatic carbocycles. The standard InChI is InChI=1S/C14H23NO5S/c1-19-11-8-15(9-12-20-2)21(17,18)14-5-3-13(4-6-14)7-10-16/h3-6,16H,7-12H2,1-2H3. The first-order valence-electron chi connectivity index (χ1n) is 6.74. The zero-order chi connectivity index (χ0) is 15.7. The lowest BCUT2D eigenvalue weighted by atomic mass is 10.2. The number of aliphatic hydroxyl groups is 1. The third-order valence-corrected chi connectivity index (χ3v) is 4.96. The molecule has 1 rings (SSSR count). The molecule has 0 spiro atoms. The number of rotatable bonds is 10. The summed E-state index contributed by atoms with van der Waals surface area (Å²) in [6.45, 7) is 1.25. The molecule has 6 nitrogen and oxygen atoms in total. The van der Waals surface area contributed by atoms with Crippen LogP contribution in [0.15, 0.2) is 29.2 Å². The van der Waals surface area contributed by atoms with E-state index >= 15 is 0 Å². The van der Waals surface area contributed by atoms with E-state index in [0.717, 1.165) is 5.56 Å². The van der Waals surface area contributed by atoms with Crippen molar-refractivity contribution in [1.82, 2.24) is 4.31 Å². The van der Waals surface area contributed by atoms with E-state index in [-0.39, 0.29) is 24.6 Å². The van der Waals surface area contributed by atoms with Crippen molar-refractivity contribution in [1.29, 1.82) is 0 Å². The summed E-state index contributed by atoms with van der Waals surface area (Å²) in [5.74, 6) is 0. The first-order valence-corrected chi connectivity index (χ1v) is 8.18. The molecule has 1 N–H and O–H groups in total. The summed E-state index contributed by atoms with van der Waals surface area (Å²) in [7, 11) is -0.501. The van der Waals surface area contributed by atoms with Gasteiger partial charge in [-0.2, -0.15) is 4.31 Å². The summed E-state index contributed by atoms with van der Waals surface area (Å²) in [5.41, 5.74) is 0.900. The highest BCUT2D eigenvalue weighted by Crippen LogP contribution is 2.16. The molecule has 0 heterocycles. The largest absolute Gasteiger partial charge is 0.396 e. The molecule has 7 heteroatoms. The molecule has 0 unspecified atom stereocenters. The highest BCUT2D eigenvalue weighted by molar-refractivity contribution is 7.89. The summed E-state index contributed by atoms with van der Waals surface area (Å²) >= 11 is 0. The van der Waals surface area contributed by atoms with Crippen molar-refractivity contribution in [3.8, 4) is 0 Å². The number of hydrogen-bond donors (Lipinski definition) is 1. The molecule has 0 aromatic heterocycles. The lowest BCUT2D eigenvalue weighted by Crippen LogP contribution is -2.36. The topological polar surface area (TPSA) is 76.1 Å². The van der Waals surface area contributed by atoms with Gasteiger partial charge in [-0.15, -0.1) is 0 Å².